The quantitative estimate of drug-likeness (QED) is 0.913. The summed E-state index contributed by atoms with van der Waals surface area (Å²) in [5, 5.41) is 2.75. The van der Waals surface area contributed by atoms with Crippen LogP contribution in [0.15, 0.2) is 35.8 Å². The third-order valence-corrected chi connectivity index (χ3v) is 3.27. The maximum atomic E-state index is 11.1. The van der Waals surface area contributed by atoms with E-state index in [0.717, 1.165) is 16.8 Å². The first kappa shape index (κ1) is 11.1. The molecule has 0 spiro atoms. The lowest BCUT2D eigenvalue weighted by molar-refractivity contribution is 0.607. The molecule has 1 N–H and O–H groups in total. The standard InChI is InChI=1S/C10H10N2O2S2/c1-16(13,14)12-9-4-2-3-8(7-9)10-11-5-6-15-10/h2-7,12H,1H3. The van der Waals surface area contributed by atoms with Crippen molar-refractivity contribution in [1.29, 1.82) is 0 Å². The van der Waals surface area contributed by atoms with Gasteiger partial charge in [-0.2, -0.15) is 0 Å². The predicted molar refractivity (Wildman–Crippen MR) is 66.0 cm³/mol. The fourth-order valence-electron chi connectivity index (χ4n) is 1.30. The normalized spacial score (nSPS) is 11.3. The highest BCUT2D eigenvalue weighted by atomic mass is 32.2. The van der Waals surface area contributed by atoms with Crippen LogP contribution < -0.4 is 4.72 Å². The zero-order valence-corrected chi connectivity index (χ0v) is 10.2. The first-order valence-corrected chi connectivity index (χ1v) is 7.29. The third kappa shape index (κ3) is 2.80. The van der Waals surface area contributed by atoms with Crippen LogP contribution in [-0.2, 0) is 10.0 Å². The Kier molecular flexibility index (Phi) is 2.93. The lowest BCUT2D eigenvalue weighted by Gasteiger charge is -2.04. The van der Waals surface area contributed by atoms with E-state index in [1.165, 1.54) is 11.3 Å². The summed E-state index contributed by atoms with van der Waals surface area (Å²) in [5.41, 5.74) is 1.46. The van der Waals surface area contributed by atoms with Crippen LogP contribution >= 0.6 is 11.3 Å². The van der Waals surface area contributed by atoms with Gasteiger partial charge in [-0.05, 0) is 12.1 Å². The zero-order valence-electron chi connectivity index (χ0n) is 8.54. The van der Waals surface area contributed by atoms with Crippen LogP contribution in [0.5, 0.6) is 0 Å². The molecular weight excluding hydrogens is 244 g/mol. The number of thiazole rings is 1. The highest BCUT2D eigenvalue weighted by molar-refractivity contribution is 7.92. The van der Waals surface area contributed by atoms with Crippen LogP contribution in [0.1, 0.15) is 0 Å². The molecule has 0 atom stereocenters. The third-order valence-electron chi connectivity index (χ3n) is 1.85. The van der Waals surface area contributed by atoms with Crippen molar-refractivity contribution < 1.29 is 8.42 Å². The number of rotatable bonds is 3. The van der Waals surface area contributed by atoms with Crippen LogP contribution in [0.4, 0.5) is 5.69 Å². The molecule has 0 amide bonds. The number of nitrogens with zero attached hydrogens (tertiary/aromatic N) is 1. The molecule has 1 aromatic carbocycles. The highest BCUT2D eigenvalue weighted by Gasteiger charge is 2.04. The van der Waals surface area contributed by atoms with Crippen molar-refractivity contribution in [1.82, 2.24) is 4.98 Å². The van der Waals surface area contributed by atoms with Crippen LogP contribution in [-0.4, -0.2) is 19.7 Å². The zero-order chi connectivity index (χ0) is 11.6. The number of anilines is 1. The van der Waals surface area contributed by atoms with Crippen LogP contribution in [0.2, 0.25) is 0 Å². The number of aromatic nitrogens is 1. The van der Waals surface area contributed by atoms with E-state index in [1.54, 1.807) is 24.4 Å². The summed E-state index contributed by atoms with van der Waals surface area (Å²) in [6, 6.07) is 7.16. The molecular formula is C10H10N2O2S2. The molecule has 2 rings (SSSR count). The molecule has 0 aliphatic carbocycles. The van der Waals surface area contributed by atoms with Crippen molar-refractivity contribution in [3.05, 3.63) is 35.8 Å². The summed E-state index contributed by atoms with van der Waals surface area (Å²) in [5.74, 6) is 0. The molecule has 1 heterocycles. The molecule has 0 saturated carbocycles. The molecule has 0 saturated heterocycles. The Morgan fingerprint density at radius 1 is 1.38 bits per heavy atom. The minimum atomic E-state index is -3.23. The summed E-state index contributed by atoms with van der Waals surface area (Å²) in [4.78, 5) is 4.17. The number of hydrogen-bond acceptors (Lipinski definition) is 4. The summed E-state index contributed by atoms with van der Waals surface area (Å²) in [7, 11) is -3.23. The fourth-order valence-corrected chi connectivity index (χ4v) is 2.49. The van der Waals surface area contributed by atoms with Crippen molar-refractivity contribution in [3.63, 3.8) is 0 Å². The molecule has 4 nitrogen and oxygen atoms in total. The average Bonchev–Trinajstić information content (AvgIpc) is 2.68. The summed E-state index contributed by atoms with van der Waals surface area (Å²) < 4.78 is 24.6. The monoisotopic (exact) mass is 254 g/mol. The Bertz CT molecular complexity index is 577. The molecule has 0 radical (unpaired) electrons. The minimum Gasteiger partial charge on any atom is -0.284 e. The van der Waals surface area contributed by atoms with E-state index >= 15 is 0 Å². The number of nitrogens with one attached hydrogen (secondary N) is 1. The van der Waals surface area contributed by atoms with Gasteiger partial charge in [-0.25, -0.2) is 13.4 Å². The molecule has 2 aromatic rings. The Morgan fingerprint density at radius 3 is 2.81 bits per heavy atom. The van der Waals surface area contributed by atoms with Gasteiger partial charge in [-0.15, -0.1) is 11.3 Å². The van der Waals surface area contributed by atoms with Gasteiger partial charge in [-0.3, -0.25) is 4.72 Å². The average molecular weight is 254 g/mol. The van der Waals surface area contributed by atoms with E-state index in [2.05, 4.69) is 9.71 Å². The van der Waals surface area contributed by atoms with E-state index < -0.39 is 10.0 Å². The van der Waals surface area contributed by atoms with Gasteiger partial charge in [0.25, 0.3) is 0 Å². The Morgan fingerprint density at radius 2 is 2.19 bits per heavy atom. The second-order valence-electron chi connectivity index (χ2n) is 3.29. The highest BCUT2D eigenvalue weighted by Crippen LogP contribution is 2.24. The van der Waals surface area contributed by atoms with Gasteiger partial charge in [0, 0.05) is 22.8 Å². The molecule has 84 valence electrons. The second-order valence-corrected chi connectivity index (χ2v) is 5.94. The molecule has 0 bridgehead atoms. The molecule has 0 fully saturated rings. The van der Waals surface area contributed by atoms with Gasteiger partial charge in [0.05, 0.1) is 6.26 Å². The number of benzene rings is 1. The van der Waals surface area contributed by atoms with Gasteiger partial charge >= 0.3 is 0 Å². The lowest BCUT2D eigenvalue weighted by Crippen LogP contribution is -2.09. The van der Waals surface area contributed by atoms with Crippen LogP contribution in [0, 0.1) is 0 Å². The molecule has 0 aliphatic rings. The molecule has 1 aromatic heterocycles. The Balaban J connectivity index is 2.34. The fraction of sp³-hybridized carbons (Fsp3) is 0.100. The summed E-state index contributed by atoms with van der Waals surface area (Å²) in [6.07, 6.45) is 2.85. The number of hydrogen-bond donors (Lipinski definition) is 1. The van der Waals surface area contributed by atoms with E-state index in [9.17, 15) is 8.42 Å². The van der Waals surface area contributed by atoms with Crippen LogP contribution in [0.3, 0.4) is 0 Å². The van der Waals surface area contributed by atoms with Crippen molar-refractivity contribution in [2.24, 2.45) is 0 Å². The maximum absolute atomic E-state index is 11.1. The lowest BCUT2D eigenvalue weighted by atomic mass is 10.2. The van der Waals surface area contributed by atoms with Crippen LogP contribution in [0.25, 0.3) is 10.6 Å². The minimum absolute atomic E-state index is 0.551. The van der Waals surface area contributed by atoms with Gasteiger partial charge in [-0.1, -0.05) is 12.1 Å². The molecule has 6 heteroatoms. The first-order valence-electron chi connectivity index (χ1n) is 4.52. The molecule has 0 unspecified atom stereocenters. The smallest absolute Gasteiger partial charge is 0.229 e. The molecule has 0 aliphatic heterocycles. The van der Waals surface area contributed by atoms with Gasteiger partial charge < -0.3 is 0 Å². The van der Waals surface area contributed by atoms with Gasteiger partial charge in [0.1, 0.15) is 5.01 Å². The van der Waals surface area contributed by atoms with Crippen molar-refractivity contribution in [2.75, 3.05) is 11.0 Å². The Labute approximate surface area is 98.0 Å². The predicted octanol–water partition coefficient (Wildman–Crippen LogP) is 2.18. The maximum Gasteiger partial charge on any atom is 0.229 e. The summed E-state index contributed by atoms with van der Waals surface area (Å²) >= 11 is 1.51. The summed E-state index contributed by atoms with van der Waals surface area (Å²) in [6.45, 7) is 0. The topological polar surface area (TPSA) is 59.1 Å². The Hall–Kier alpha value is -1.40. The molecule has 16 heavy (non-hydrogen) atoms. The second kappa shape index (κ2) is 4.23. The van der Waals surface area contributed by atoms with Crippen molar-refractivity contribution >= 4 is 27.0 Å². The van der Waals surface area contributed by atoms with E-state index in [-0.39, 0.29) is 0 Å². The van der Waals surface area contributed by atoms with Crippen molar-refractivity contribution in [3.8, 4) is 10.6 Å². The van der Waals surface area contributed by atoms with E-state index in [1.807, 2.05) is 11.4 Å². The van der Waals surface area contributed by atoms with Crippen molar-refractivity contribution in [2.45, 2.75) is 0 Å². The van der Waals surface area contributed by atoms with Gasteiger partial charge in [0.2, 0.25) is 10.0 Å². The largest absolute Gasteiger partial charge is 0.284 e. The number of sulfonamides is 1. The first-order chi connectivity index (χ1) is 7.54. The SMILES string of the molecule is CS(=O)(=O)Nc1cccc(-c2nccs2)c1. The van der Waals surface area contributed by atoms with E-state index in [0.29, 0.717) is 5.69 Å². The van der Waals surface area contributed by atoms with E-state index in [4.69, 9.17) is 0 Å². The van der Waals surface area contributed by atoms with Gasteiger partial charge in [0.15, 0.2) is 0 Å².